The minimum Gasteiger partial charge on any atom is -1.00 e. The summed E-state index contributed by atoms with van der Waals surface area (Å²) in [5.41, 5.74) is 0. The van der Waals surface area contributed by atoms with Gasteiger partial charge >= 0.3 is 49.4 Å². The van der Waals surface area contributed by atoms with E-state index in [4.69, 9.17) is 28.4 Å². The predicted molar refractivity (Wildman–Crippen MR) is 64.9 cm³/mol. The first kappa shape index (κ1) is 28.6. The summed E-state index contributed by atoms with van der Waals surface area (Å²) in [6.07, 6.45) is 0. The smallest absolute Gasteiger partial charge is 1.00 e. The first-order chi connectivity index (χ1) is 9.00. The van der Waals surface area contributed by atoms with Gasteiger partial charge in [0.2, 0.25) is 0 Å². The van der Waals surface area contributed by atoms with Crippen LogP contribution in [0.2, 0.25) is 0 Å². The van der Waals surface area contributed by atoms with E-state index in [1.165, 1.54) is 0 Å². The number of ether oxygens (including phenoxy) is 6. The van der Waals surface area contributed by atoms with Crippen LogP contribution in [-0.4, -0.2) is 79.3 Å². The van der Waals surface area contributed by atoms with Gasteiger partial charge in [-0.3, -0.25) is 0 Å². The molecule has 129 valence electrons. The van der Waals surface area contributed by atoms with Gasteiger partial charge in [0.1, 0.15) is 0 Å². The van der Waals surface area contributed by atoms with Crippen LogP contribution < -0.4 is 48.0 Å². The van der Waals surface area contributed by atoms with E-state index in [-0.39, 0.29) is 97.3 Å². The second kappa shape index (κ2) is 25.0. The third kappa shape index (κ3) is 22.8. The Bertz CT molecular complexity index is 107. The summed E-state index contributed by atoms with van der Waals surface area (Å²) in [5, 5.41) is 0. The van der Waals surface area contributed by atoms with Crippen LogP contribution in [0.4, 0.5) is 0 Å². The number of hydrogen-bond donors (Lipinski definition) is 0. The molecule has 1 aliphatic heterocycles. The van der Waals surface area contributed by atoms with E-state index in [2.05, 4.69) is 0 Å². The van der Waals surface area contributed by atoms with Crippen molar-refractivity contribution in [3.63, 3.8) is 0 Å². The second-order valence-corrected chi connectivity index (χ2v) is 3.67. The SMILES string of the molecule is C1COCCOCCOCCOCCOCCO1.[Eu+2].[I-].[I-]. The molecule has 0 saturated carbocycles. The zero-order valence-corrected chi connectivity index (χ0v) is 18.8. The Kier molecular flexibility index (Phi) is 34.1. The van der Waals surface area contributed by atoms with Gasteiger partial charge < -0.3 is 76.4 Å². The molecular weight excluding hydrogens is 646 g/mol. The van der Waals surface area contributed by atoms with Crippen LogP contribution in [0.3, 0.4) is 0 Å². The molecule has 0 aromatic rings. The molecule has 0 aromatic carbocycles. The Hall–Kier alpha value is 2.80. The van der Waals surface area contributed by atoms with Crippen LogP contribution in [0.25, 0.3) is 0 Å². The fourth-order valence-electron chi connectivity index (χ4n) is 1.32. The second-order valence-electron chi connectivity index (χ2n) is 3.67. The Labute approximate surface area is 202 Å². The average molecular weight is 670 g/mol. The summed E-state index contributed by atoms with van der Waals surface area (Å²) in [6, 6.07) is 0. The third-order valence-corrected chi connectivity index (χ3v) is 2.23. The van der Waals surface area contributed by atoms with Gasteiger partial charge in [-0.25, -0.2) is 0 Å². The Morgan fingerprint density at radius 1 is 0.286 bits per heavy atom. The molecule has 1 rings (SSSR count). The molecule has 6 nitrogen and oxygen atoms in total. The van der Waals surface area contributed by atoms with E-state index in [1.54, 1.807) is 0 Å². The molecule has 21 heavy (non-hydrogen) atoms. The molecule has 0 aromatic heterocycles. The van der Waals surface area contributed by atoms with Gasteiger partial charge in [-0.1, -0.05) is 0 Å². The fraction of sp³-hybridized carbons (Fsp3) is 1.00. The molecule has 1 aliphatic rings. The topological polar surface area (TPSA) is 55.4 Å². The van der Waals surface area contributed by atoms with E-state index in [9.17, 15) is 0 Å². The monoisotopic (exact) mass is 671 g/mol. The van der Waals surface area contributed by atoms with Crippen molar-refractivity contribution in [2.24, 2.45) is 0 Å². The number of halogens is 2. The number of rotatable bonds is 0. The molecule has 1 fully saturated rings. The van der Waals surface area contributed by atoms with Crippen molar-refractivity contribution in [3.05, 3.63) is 0 Å². The van der Waals surface area contributed by atoms with Crippen LogP contribution in [0, 0.1) is 49.4 Å². The van der Waals surface area contributed by atoms with Crippen molar-refractivity contribution in [2.75, 3.05) is 79.3 Å². The molecule has 1 heterocycles. The summed E-state index contributed by atoms with van der Waals surface area (Å²) in [5.74, 6) is 0. The molecule has 0 spiro atoms. The fourth-order valence-corrected chi connectivity index (χ4v) is 1.32. The Balaban J connectivity index is -0.00000108. The Morgan fingerprint density at radius 3 is 0.476 bits per heavy atom. The van der Waals surface area contributed by atoms with E-state index in [0.717, 1.165) is 0 Å². The van der Waals surface area contributed by atoms with Gasteiger partial charge in [0.05, 0.1) is 79.3 Å². The van der Waals surface area contributed by atoms with Crippen molar-refractivity contribution in [1.29, 1.82) is 0 Å². The standard InChI is InChI=1S/C12H24O6.Eu.2HI/c1-2-14-5-6-16-9-10-18-12-11-17-8-7-15-4-3-13-1;;;/h1-12H2;;2*1H/q;+2;;/p-2. The van der Waals surface area contributed by atoms with Gasteiger partial charge in [-0.05, 0) is 0 Å². The van der Waals surface area contributed by atoms with E-state index < -0.39 is 0 Å². The average Bonchev–Trinajstić information content (AvgIpc) is 2.39. The zero-order chi connectivity index (χ0) is 12.7. The van der Waals surface area contributed by atoms with Crippen molar-refractivity contribution in [3.8, 4) is 0 Å². The van der Waals surface area contributed by atoms with Crippen LogP contribution in [0.1, 0.15) is 0 Å². The van der Waals surface area contributed by atoms with Crippen molar-refractivity contribution >= 4 is 0 Å². The predicted octanol–water partition coefficient (Wildman–Crippen LogP) is -5.89. The van der Waals surface area contributed by atoms with Gasteiger partial charge in [0.25, 0.3) is 0 Å². The van der Waals surface area contributed by atoms with Crippen LogP contribution in [0.15, 0.2) is 0 Å². The molecule has 9 heteroatoms. The van der Waals surface area contributed by atoms with E-state index in [1.807, 2.05) is 0 Å². The summed E-state index contributed by atoms with van der Waals surface area (Å²) in [7, 11) is 0. The van der Waals surface area contributed by atoms with E-state index in [0.29, 0.717) is 79.3 Å². The molecular formula is C12H24EuI2O6. The summed E-state index contributed by atoms with van der Waals surface area (Å²) < 4.78 is 32.0. The maximum atomic E-state index is 5.33. The Morgan fingerprint density at radius 2 is 0.381 bits per heavy atom. The molecule has 0 bridgehead atoms. The summed E-state index contributed by atoms with van der Waals surface area (Å²) in [4.78, 5) is 0. The van der Waals surface area contributed by atoms with Crippen LogP contribution in [0.5, 0.6) is 0 Å². The minimum absolute atomic E-state index is 0. The summed E-state index contributed by atoms with van der Waals surface area (Å²) in [6.45, 7) is 7.04. The zero-order valence-electron chi connectivity index (χ0n) is 12.1. The van der Waals surface area contributed by atoms with Gasteiger partial charge in [-0.2, -0.15) is 0 Å². The quantitative estimate of drug-likeness (QED) is 0.240. The van der Waals surface area contributed by atoms with Crippen molar-refractivity contribution in [1.82, 2.24) is 0 Å². The van der Waals surface area contributed by atoms with Gasteiger partial charge in [0, 0.05) is 0 Å². The molecule has 0 unspecified atom stereocenters. The third-order valence-electron chi connectivity index (χ3n) is 2.23. The van der Waals surface area contributed by atoms with Gasteiger partial charge in [-0.15, -0.1) is 0 Å². The molecule has 1 radical (unpaired) electrons. The molecule has 1 saturated heterocycles. The minimum atomic E-state index is 0. The van der Waals surface area contributed by atoms with Crippen molar-refractivity contribution < 1.29 is 126 Å². The first-order valence-electron chi connectivity index (χ1n) is 6.46. The largest absolute Gasteiger partial charge is 2.00 e. The van der Waals surface area contributed by atoms with Crippen LogP contribution in [-0.2, 0) is 28.4 Å². The van der Waals surface area contributed by atoms with Crippen LogP contribution >= 0.6 is 0 Å². The summed E-state index contributed by atoms with van der Waals surface area (Å²) >= 11 is 0. The molecule has 0 aliphatic carbocycles. The molecule has 0 N–H and O–H groups in total. The van der Waals surface area contributed by atoms with Crippen molar-refractivity contribution in [2.45, 2.75) is 0 Å². The first-order valence-corrected chi connectivity index (χ1v) is 6.46. The normalized spacial score (nSPS) is 20.6. The maximum Gasteiger partial charge on any atom is 2.00 e. The molecule has 0 atom stereocenters. The number of hydrogen-bond acceptors (Lipinski definition) is 6. The van der Waals surface area contributed by atoms with E-state index >= 15 is 0 Å². The molecule has 0 amide bonds. The maximum absolute atomic E-state index is 5.33. The van der Waals surface area contributed by atoms with Gasteiger partial charge in [0.15, 0.2) is 0 Å².